The molecule has 200 valence electrons. The fraction of sp³-hybridized carbons (Fsp3) is 0.345. The van der Waals surface area contributed by atoms with E-state index in [2.05, 4.69) is 10.6 Å². The molecule has 1 aromatic heterocycles. The average Bonchev–Trinajstić information content (AvgIpc) is 3.28. The molecular weight excluding hydrogens is 504 g/mol. The number of nitrogens with one attached hydrogen (secondary N) is 2. The molecular formula is C29H32N2O6S. The van der Waals surface area contributed by atoms with Crippen LogP contribution in [-0.2, 0) is 22.4 Å². The highest BCUT2D eigenvalue weighted by Gasteiger charge is 2.27. The van der Waals surface area contributed by atoms with E-state index < -0.39 is 12.1 Å². The zero-order chi connectivity index (χ0) is 27.1. The van der Waals surface area contributed by atoms with E-state index in [4.69, 9.17) is 14.2 Å². The van der Waals surface area contributed by atoms with Crippen molar-refractivity contribution < 1.29 is 28.6 Å². The van der Waals surface area contributed by atoms with Crippen LogP contribution in [0.25, 0.3) is 0 Å². The van der Waals surface area contributed by atoms with Crippen LogP contribution in [0.1, 0.15) is 64.8 Å². The van der Waals surface area contributed by atoms with E-state index in [0.29, 0.717) is 39.9 Å². The molecule has 0 spiro atoms. The Kier molecular flexibility index (Phi) is 9.02. The van der Waals surface area contributed by atoms with Crippen LogP contribution in [-0.4, -0.2) is 37.1 Å². The molecule has 1 heterocycles. The zero-order valence-electron chi connectivity index (χ0n) is 21.8. The van der Waals surface area contributed by atoms with Gasteiger partial charge >= 0.3 is 5.97 Å². The van der Waals surface area contributed by atoms with Gasteiger partial charge in [0.1, 0.15) is 16.5 Å². The van der Waals surface area contributed by atoms with Gasteiger partial charge in [0.05, 0.1) is 24.5 Å². The highest BCUT2D eigenvalue weighted by molar-refractivity contribution is 7.17. The first-order chi connectivity index (χ1) is 18.4. The van der Waals surface area contributed by atoms with Gasteiger partial charge in [-0.25, -0.2) is 4.79 Å². The second-order valence-electron chi connectivity index (χ2n) is 8.79. The van der Waals surface area contributed by atoms with Crippen LogP contribution in [0.2, 0.25) is 0 Å². The minimum atomic E-state index is -0.783. The number of carbonyl (C=O) groups excluding carboxylic acids is 3. The summed E-state index contributed by atoms with van der Waals surface area (Å²) in [5.74, 6) is -0.0297. The molecule has 8 nitrogen and oxygen atoms in total. The average molecular weight is 537 g/mol. The number of esters is 1. The van der Waals surface area contributed by atoms with Crippen LogP contribution < -0.4 is 20.1 Å². The summed E-state index contributed by atoms with van der Waals surface area (Å²) in [6.45, 7) is 6.05. The molecule has 0 aliphatic heterocycles. The predicted molar refractivity (Wildman–Crippen MR) is 148 cm³/mol. The van der Waals surface area contributed by atoms with Crippen molar-refractivity contribution in [3.05, 3.63) is 70.1 Å². The summed E-state index contributed by atoms with van der Waals surface area (Å²) in [5, 5.41) is 6.26. The second kappa shape index (κ2) is 12.6. The third-order valence-corrected chi connectivity index (χ3v) is 7.33. The number of ether oxygens (including phenoxy) is 3. The molecule has 0 saturated heterocycles. The zero-order valence-corrected chi connectivity index (χ0v) is 22.6. The van der Waals surface area contributed by atoms with Crippen molar-refractivity contribution in [3.8, 4) is 11.5 Å². The Hall–Kier alpha value is -3.85. The molecule has 4 rings (SSSR count). The van der Waals surface area contributed by atoms with Crippen molar-refractivity contribution >= 4 is 39.8 Å². The Labute approximate surface area is 226 Å². The van der Waals surface area contributed by atoms with E-state index in [-0.39, 0.29) is 18.4 Å². The maximum Gasteiger partial charge on any atom is 0.341 e. The lowest BCUT2D eigenvalue weighted by Crippen LogP contribution is -2.30. The van der Waals surface area contributed by atoms with Crippen molar-refractivity contribution in [2.75, 3.05) is 23.8 Å². The number of aryl methyl sites for hydroxylation is 1. The maximum atomic E-state index is 13.0. The molecule has 0 saturated carbocycles. The van der Waals surface area contributed by atoms with Crippen LogP contribution in [0.15, 0.2) is 48.5 Å². The van der Waals surface area contributed by atoms with Crippen LogP contribution in [0.5, 0.6) is 11.5 Å². The molecule has 38 heavy (non-hydrogen) atoms. The van der Waals surface area contributed by atoms with Gasteiger partial charge in [0.25, 0.3) is 11.8 Å². The number of carbonyl (C=O) groups is 3. The van der Waals surface area contributed by atoms with E-state index in [1.807, 2.05) is 19.1 Å². The van der Waals surface area contributed by atoms with Crippen LogP contribution in [0, 0.1) is 0 Å². The quantitative estimate of drug-likeness (QED) is 0.315. The monoisotopic (exact) mass is 536 g/mol. The third-order valence-electron chi connectivity index (χ3n) is 6.12. The summed E-state index contributed by atoms with van der Waals surface area (Å²) >= 11 is 1.45. The molecule has 0 fully saturated rings. The van der Waals surface area contributed by atoms with Crippen molar-refractivity contribution in [2.24, 2.45) is 0 Å². The SMILES string of the molecule is CCOC(=O)c1c(NC(=O)c2ccc(O[C@H](C)C(=O)Nc3ccccc3OCC)cc2)sc2c1CCCC2. The molecule has 0 unspecified atom stereocenters. The Morgan fingerprint density at radius 2 is 1.68 bits per heavy atom. The first kappa shape index (κ1) is 27.2. The minimum Gasteiger partial charge on any atom is -0.492 e. The number of amides is 2. The molecule has 1 aliphatic carbocycles. The van der Waals surface area contributed by atoms with Gasteiger partial charge in [0.15, 0.2) is 6.10 Å². The number of anilines is 2. The number of rotatable bonds is 10. The largest absolute Gasteiger partial charge is 0.492 e. The number of fused-ring (bicyclic) bond motifs is 1. The first-order valence-corrected chi connectivity index (χ1v) is 13.6. The molecule has 2 amide bonds. The van der Waals surface area contributed by atoms with Gasteiger partial charge in [0, 0.05) is 10.4 Å². The topological polar surface area (TPSA) is 103 Å². The van der Waals surface area contributed by atoms with Gasteiger partial charge in [-0.3, -0.25) is 9.59 Å². The molecule has 3 aromatic rings. The summed E-state index contributed by atoms with van der Waals surface area (Å²) in [4.78, 5) is 39.5. The standard InChI is InChI=1S/C29H32N2O6S/c1-4-35-23-12-8-7-11-22(23)30-26(32)18(3)37-20-16-14-19(15-17-20)27(33)31-28-25(29(34)36-5-2)21-10-6-9-13-24(21)38-28/h7-8,11-12,14-18H,4-6,9-10,13H2,1-3H3,(H,30,32)(H,31,33)/t18-/m1/s1. The Morgan fingerprint density at radius 1 is 0.947 bits per heavy atom. The molecule has 9 heteroatoms. The maximum absolute atomic E-state index is 13.0. The highest BCUT2D eigenvalue weighted by Crippen LogP contribution is 2.39. The first-order valence-electron chi connectivity index (χ1n) is 12.8. The van der Waals surface area contributed by atoms with E-state index in [1.165, 1.54) is 11.3 Å². The Morgan fingerprint density at radius 3 is 2.42 bits per heavy atom. The van der Waals surface area contributed by atoms with E-state index >= 15 is 0 Å². The summed E-state index contributed by atoms with van der Waals surface area (Å²) in [5.41, 5.74) is 2.45. The normalized spacial score (nSPS) is 13.1. The van der Waals surface area contributed by atoms with Crippen molar-refractivity contribution in [1.29, 1.82) is 0 Å². The van der Waals surface area contributed by atoms with Crippen LogP contribution >= 0.6 is 11.3 Å². The van der Waals surface area contributed by atoms with E-state index in [1.54, 1.807) is 50.2 Å². The molecule has 1 atom stereocenters. The Balaban J connectivity index is 1.41. The van der Waals surface area contributed by atoms with Crippen molar-refractivity contribution in [2.45, 2.75) is 52.6 Å². The van der Waals surface area contributed by atoms with Crippen molar-refractivity contribution in [3.63, 3.8) is 0 Å². The molecule has 0 radical (unpaired) electrons. The number of thiophene rings is 1. The lowest BCUT2D eigenvalue weighted by molar-refractivity contribution is -0.122. The fourth-order valence-electron chi connectivity index (χ4n) is 4.28. The van der Waals surface area contributed by atoms with Gasteiger partial charge in [-0.1, -0.05) is 12.1 Å². The third kappa shape index (κ3) is 6.34. The molecule has 1 aliphatic rings. The minimum absolute atomic E-state index is 0.272. The van der Waals surface area contributed by atoms with E-state index in [9.17, 15) is 14.4 Å². The van der Waals surface area contributed by atoms with E-state index in [0.717, 1.165) is 36.1 Å². The second-order valence-corrected chi connectivity index (χ2v) is 9.90. The number of hydrogen-bond acceptors (Lipinski definition) is 7. The lowest BCUT2D eigenvalue weighted by atomic mass is 9.95. The number of para-hydroxylation sites is 2. The van der Waals surface area contributed by atoms with Gasteiger partial charge in [-0.05, 0) is 88.4 Å². The predicted octanol–water partition coefficient (Wildman–Crippen LogP) is 5.86. The van der Waals surface area contributed by atoms with Crippen LogP contribution in [0.4, 0.5) is 10.7 Å². The van der Waals surface area contributed by atoms with Crippen molar-refractivity contribution in [1.82, 2.24) is 0 Å². The van der Waals surface area contributed by atoms with Gasteiger partial charge in [-0.15, -0.1) is 11.3 Å². The Bertz CT molecular complexity index is 1300. The number of hydrogen-bond donors (Lipinski definition) is 2. The molecule has 2 aromatic carbocycles. The summed E-state index contributed by atoms with van der Waals surface area (Å²) in [7, 11) is 0. The molecule has 0 bridgehead atoms. The fourth-order valence-corrected chi connectivity index (χ4v) is 5.55. The summed E-state index contributed by atoms with van der Waals surface area (Å²) < 4.78 is 16.6. The summed E-state index contributed by atoms with van der Waals surface area (Å²) in [6.07, 6.45) is 3.01. The van der Waals surface area contributed by atoms with Gasteiger partial charge in [-0.2, -0.15) is 0 Å². The van der Waals surface area contributed by atoms with Gasteiger partial charge in [0.2, 0.25) is 0 Å². The summed E-state index contributed by atoms with van der Waals surface area (Å²) in [6, 6.07) is 13.7. The van der Waals surface area contributed by atoms with Gasteiger partial charge < -0.3 is 24.8 Å². The number of benzene rings is 2. The van der Waals surface area contributed by atoms with Crippen LogP contribution in [0.3, 0.4) is 0 Å². The molecule has 2 N–H and O–H groups in total. The lowest BCUT2D eigenvalue weighted by Gasteiger charge is -2.16. The smallest absolute Gasteiger partial charge is 0.341 e. The highest BCUT2D eigenvalue weighted by atomic mass is 32.1.